The second kappa shape index (κ2) is 5.61. The van der Waals surface area contributed by atoms with Gasteiger partial charge in [-0.3, -0.25) is 10.1 Å². The van der Waals surface area contributed by atoms with Crippen LogP contribution in [0, 0.1) is 5.92 Å². The molecule has 0 radical (unpaired) electrons. The van der Waals surface area contributed by atoms with Gasteiger partial charge in [0.2, 0.25) is 5.91 Å². The second-order valence-corrected chi connectivity index (χ2v) is 6.27. The SMILES string of the molecule is CC(C1CCOCC1)N1C(=O)CNC1c1cccs1. The van der Waals surface area contributed by atoms with Crippen LogP contribution in [-0.4, -0.2) is 36.6 Å². The van der Waals surface area contributed by atoms with E-state index >= 15 is 0 Å². The van der Waals surface area contributed by atoms with Gasteiger partial charge in [-0.1, -0.05) is 6.07 Å². The molecule has 2 unspecified atom stereocenters. The minimum Gasteiger partial charge on any atom is -0.381 e. The van der Waals surface area contributed by atoms with Gasteiger partial charge in [-0.05, 0) is 37.1 Å². The average Bonchev–Trinajstić information content (AvgIpc) is 3.08. The molecule has 1 N–H and O–H groups in total. The molecule has 104 valence electrons. The molecule has 2 aliphatic rings. The van der Waals surface area contributed by atoms with Crippen molar-refractivity contribution in [3.05, 3.63) is 22.4 Å². The van der Waals surface area contributed by atoms with Crippen molar-refractivity contribution in [2.75, 3.05) is 19.8 Å². The lowest BCUT2D eigenvalue weighted by Crippen LogP contribution is -2.43. The van der Waals surface area contributed by atoms with Crippen LogP contribution < -0.4 is 5.32 Å². The molecule has 0 spiro atoms. The molecule has 0 bridgehead atoms. The second-order valence-electron chi connectivity index (χ2n) is 5.29. The number of nitrogens with one attached hydrogen (secondary N) is 1. The minimum absolute atomic E-state index is 0.0605. The van der Waals surface area contributed by atoms with E-state index in [0.717, 1.165) is 26.1 Å². The summed E-state index contributed by atoms with van der Waals surface area (Å²) in [6.07, 6.45) is 2.18. The van der Waals surface area contributed by atoms with E-state index < -0.39 is 0 Å². The van der Waals surface area contributed by atoms with Gasteiger partial charge in [-0.25, -0.2) is 0 Å². The Morgan fingerprint density at radius 3 is 2.95 bits per heavy atom. The van der Waals surface area contributed by atoms with E-state index in [2.05, 4.69) is 23.7 Å². The molecule has 0 aliphatic carbocycles. The van der Waals surface area contributed by atoms with Crippen molar-refractivity contribution in [1.29, 1.82) is 0 Å². The molecule has 2 saturated heterocycles. The number of hydrogen-bond acceptors (Lipinski definition) is 4. The Kier molecular flexibility index (Phi) is 3.86. The van der Waals surface area contributed by atoms with Crippen LogP contribution in [0.4, 0.5) is 0 Å². The molecular weight excluding hydrogens is 260 g/mol. The highest BCUT2D eigenvalue weighted by atomic mass is 32.1. The van der Waals surface area contributed by atoms with Crippen molar-refractivity contribution in [2.45, 2.75) is 32.0 Å². The van der Waals surface area contributed by atoms with Crippen LogP contribution in [0.15, 0.2) is 17.5 Å². The first-order valence-corrected chi connectivity index (χ1v) is 7.81. The molecular formula is C14H20N2O2S. The van der Waals surface area contributed by atoms with Crippen LogP contribution in [0.25, 0.3) is 0 Å². The van der Waals surface area contributed by atoms with E-state index in [1.165, 1.54) is 4.88 Å². The fourth-order valence-electron chi connectivity index (χ4n) is 3.09. The van der Waals surface area contributed by atoms with Crippen LogP contribution in [0.1, 0.15) is 30.8 Å². The zero-order valence-electron chi connectivity index (χ0n) is 11.2. The van der Waals surface area contributed by atoms with Gasteiger partial charge < -0.3 is 9.64 Å². The van der Waals surface area contributed by atoms with Gasteiger partial charge in [0.05, 0.1) is 6.54 Å². The van der Waals surface area contributed by atoms with Gasteiger partial charge in [0.25, 0.3) is 0 Å². The van der Waals surface area contributed by atoms with Crippen LogP contribution in [0.3, 0.4) is 0 Å². The minimum atomic E-state index is 0.0605. The normalized spacial score (nSPS) is 26.9. The summed E-state index contributed by atoms with van der Waals surface area (Å²) in [4.78, 5) is 15.5. The summed E-state index contributed by atoms with van der Waals surface area (Å²) >= 11 is 1.71. The third-order valence-electron chi connectivity index (χ3n) is 4.21. The zero-order valence-corrected chi connectivity index (χ0v) is 12.0. The van der Waals surface area contributed by atoms with Gasteiger partial charge in [0.15, 0.2) is 0 Å². The number of hydrogen-bond donors (Lipinski definition) is 1. The Hall–Kier alpha value is -0.910. The maximum absolute atomic E-state index is 12.2. The molecule has 2 aliphatic heterocycles. The number of carbonyl (C=O) groups excluding carboxylic acids is 1. The van der Waals surface area contributed by atoms with Gasteiger partial charge in [-0.2, -0.15) is 0 Å². The monoisotopic (exact) mass is 280 g/mol. The summed E-state index contributed by atoms with van der Waals surface area (Å²) in [6.45, 7) is 4.29. The summed E-state index contributed by atoms with van der Waals surface area (Å²) in [6, 6.07) is 4.42. The molecule has 0 aromatic carbocycles. The smallest absolute Gasteiger partial charge is 0.238 e. The first kappa shape index (κ1) is 13.1. The third kappa shape index (κ3) is 2.55. The molecule has 3 rings (SSSR count). The van der Waals surface area contributed by atoms with Crippen LogP contribution in [0.5, 0.6) is 0 Å². The lowest BCUT2D eigenvalue weighted by atomic mass is 9.91. The van der Waals surface area contributed by atoms with E-state index in [-0.39, 0.29) is 18.1 Å². The molecule has 2 fully saturated rings. The van der Waals surface area contributed by atoms with Crippen LogP contribution in [0.2, 0.25) is 0 Å². The Morgan fingerprint density at radius 1 is 1.47 bits per heavy atom. The van der Waals surface area contributed by atoms with Crippen molar-refractivity contribution in [2.24, 2.45) is 5.92 Å². The fourth-order valence-corrected chi connectivity index (χ4v) is 3.89. The highest BCUT2D eigenvalue weighted by molar-refractivity contribution is 7.10. The highest BCUT2D eigenvalue weighted by Crippen LogP contribution is 2.32. The first-order valence-electron chi connectivity index (χ1n) is 6.93. The summed E-state index contributed by atoms with van der Waals surface area (Å²) in [5.41, 5.74) is 0. The first-order chi connectivity index (χ1) is 9.27. The number of ether oxygens (including phenoxy) is 1. The standard InChI is InChI=1S/C14H20N2O2S/c1-10(11-4-6-18-7-5-11)16-13(17)9-15-14(16)12-3-2-8-19-12/h2-3,8,10-11,14-15H,4-7,9H2,1H3. The molecule has 2 atom stereocenters. The molecule has 3 heterocycles. The van der Waals surface area contributed by atoms with Crippen molar-refractivity contribution in [3.8, 4) is 0 Å². The molecule has 4 nitrogen and oxygen atoms in total. The highest BCUT2D eigenvalue weighted by Gasteiger charge is 2.38. The lowest BCUT2D eigenvalue weighted by Gasteiger charge is -2.37. The molecule has 5 heteroatoms. The van der Waals surface area contributed by atoms with Crippen molar-refractivity contribution in [1.82, 2.24) is 10.2 Å². The third-order valence-corrected chi connectivity index (χ3v) is 5.14. The number of rotatable bonds is 3. The van der Waals surface area contributed by atoms with Gasteiger partial charge in [0.1, 0.15) is 6.17 Å². The Bertz CT molecular complexity index is 429. The maximum Gasteiger partial charge on any atom is 0.238 e. The predicted molar refractivity (Wildman–Crippen MR) is 74.9 cm³/mol. The molecule has 1 amide bonds. The van der Waals surface area contributed by atoms with Gasteiger partial charge >= 0.3 is 0 Å². The largest absolute Gasteiger partial charge is 0.381 e. The van der Waals surface area contributed by atoms with E-state index in [0.29, 0.717) is 12.5 Å². The molecule has 1 aromatic rings. The van der Waals surface area contributed by atoms with E-state index in [1.54, 1.807) is 11.3 Å². The van der Waals surface area contributed by atoms with Crippen LogP contribution in [-0.2, 0) is 9.53 Å². The number of nitrogens with zero attached hydrogens (tertiary/aromatic N) is 1. The van der Waals surface area contributed by atoms with Gasteiger partial charge in [0, 0.05) is 24.1 Å². The summed E-state index contributed by atoms with van der Waals surface area (Å²) in [5, 5.41) is 5.40. The number of carbonyl (C=O) groups is 1. The quantitative estimate of drug-likeness (QED) is 0.920. The lowest BCUT2D eigenvalue weighted by molar-refractivity contribution is -0.132. The van der Waals surface area contributed by atoms with Gasteiger partial charge in [-0.15, -0.1) is 11.3 Å². The van der Waals surface area contributed by atoms with E-state index in [4.69, 9.17) is 4.74 Å². The summed E-state index contributed by atoms with van der Waals surface area (Å²) in [7, 11) is 0. The van der Waals surface area contributed by atoms with Crippen molar-refractivity contribution in [3.63, 3.8) is 0 Å². The molecule has 19 heavy (non-hydrogen) atoms. The van der Waals surface area contributed by atoms with Crippen molar-refractivity contribution < 1.29 is 9.53 Å². The average molecular weight is 280 g/mol. The zero-order chi connectivity index (χ0) is 13.2. The maximum atomic E-state index is 12.2. The van der Waals surface area contributed by atoms with E-state index in [9.17, 15) is 4.79 Å². The fraction of sp³-hybridized carbons (Fsp3) is 0.643. The Balaban J connectivity index is 1.77. The number of thiophene rings is 1. The molecule has 1 aromatic heterocycles. The Labute approximate surface area is 117 Å². The summed E-state index contributed by atoms with van der Waals surface area (Å²) < 4.78 is 5.42. The van der Waals surface area contributed by atoms with Crippen LogP contribution >= 0.6 is 11.3 Å². The Morgan fingerprint density at radius 2 is 2.26 bits per heavy atom. The topological polar surface area (TPSA) is 41.6 Å². The predicted octanol–water partition coefficient (Wildman–Crippen LogP) is 1.99. The summed E-state index contributed by atoms with van der Waals surface area (Å²) in [5.74, 6) is 0.775. The number of amides is 1. The molecule has 0 saturated carbocycles. The van der Waals surface area contributed by atoms with E-state index in [1.807, 2.05) is 11.0 Å². The van der Waals surface area contributed by atoms with Crippen molar-refractivity contribution >= 4 is 17.2 Å².